The van der Waals surface area contributed by atoms with Crippen molar-refractivity contribution >= 4 is 17.5 Å². The Bertz CT molecular complexity index is 1210. The Hall–Kier alpha value is -3.21. The van der Waals surface area contributed by atoms with Gasteiger partial charge in [0.05, 0.1) is 11.6 Å². The Morgan fingerprint density at radius 2 is 1.78 bits per heavy atom. The van der Waals surface area contributed by atoms with E-state index in [1.165, 1.54) is 11.0 Å². The van der Waals surface area contributed by atoms with E-state index in [-0.39, 0.29) is 23.3 Å². The molecule has 0 radical (unpaired) electrons. The molecule has 0 aliphatic heterocycles. The molecular weight excluding hydrogens is 466 g/mol. The van der Waals surface area contributed by atoms with E-state index in [1.807, 2.05) is 13.8 Å². The monoisotopic (exact) mass is 499 g/mol. The zero-order chi connectivity index (χ0) is 26.7. The van der Waals surface area contributed by atoms with E-state index >= 15 is 0 Å². The number of rotatable bonds is 6. The van der Waals surface area contributed by atoms with Crippen LogP contribution in [0.4, 0.5) is 0 Å². The molecule has 0 bridgehead atoms. The molecule has 1 unspecified atom stereocenters. The van der Waals surface area contributed by atoms with Crippen LogP contribution in [0.5, 0.6) is 5.75 Å². The molecule has 4 rings (SSSR count). The van der Waals surface area contributed by atoms with E-state index < -0.39 is 58.0 Å². The van der Waals surface area contributed by atoms with E-state index in [2.05, 4.69) is 4.90 Å². The van der Waals surface area contributed by atoms with Gasteiger partial charge < -0.3 is 26.2 Å². The molecule has 1 aromatic carbocycles. The molecule has 0 heterocycles. The van der Waals surface area contributed by atoms with E-state index in [4.69, 9.17) is 5.73 Å². The van der Waals surface area contributed by atoms with Gasteiger partial charge in [-0.2, -0.15) is 0 Å². The number of likely N-dealkylation sites (N-methyl/N-ethyl adjacent to an activating group) is 1. The summed E-state index contributed by atoms with van der Waals surface area (Å²) in [6.07, 6.45) is 0.367. The highest BCUT2D eigenvalue weighted by molar-refractivity contribution is 6.24. The standard InChI is InChI=1S/C26H33N3O7/c1-5-29(6-2)11-12-7-8-16(30)18-14(12)9-13-10-15-20(28(3)4)22(32)19(25(27)35)24(34)26(15,36)23(33)17(13)21(18)31/h7-8,13,15,20,30,32-33,36H,5-6,9-11H2,1-4H3,(H2,27,35)/t13?,15-,20+,26-/m0/s1. The number of carbonyl (C=O) groups is 3. The lowest BCUT2D eigenvalue weighted by Gasteiger charge is -2.50. The number of aliphatic hydroxyl groups excluding tert-OH is 2. The third-order valence-electron chi connectivity index (χ3n) is 7.99. The van der Waals surface area contributed by atoms with E-state index in [0.717, 1.165) is 18.7 Å². The van der Waals surface area contributed by atoms with Crippen molar-refractivity contribution in [2.45, 2.75) is 44.9 Å². The summed E-state index contributed by atoms with van der Waals surface area (Å²) in [5.74, 6) is -6.43. The van der Waals surface area contributed by atoms with Crippen LogP contribution in [-0.4, -0.2) is 86.5 Å². The van der Waals surface area contributed by atoms with Crippen molar-refractivity contribution in [1.82, 2.24) is 9.80 Å². The van der Waals surface area contributed by atoms with Gasteiger partial charge in [0.25, 0.3) is 5.91 Å². The summed E-state index contributed by atoms with van der Waals surface area (Å²) in [7, 11) is 3.21. The Balaban J connectivity index is 1.91. The van der Waals surface area contributed by atoms with E-state index in [0.29, 0.717) is 18.5 Å². The largest absolute Gasteiger partial charge is 0.510 e. The highest BCUT2D eigenvalue weighted by Gasteiger charge is 2.63. The zero-order valence-corrected chi connectivity index (χ0v) is 20.9. The quantitative estimate of drug-likeness (QED) is 0.359. The first-order chi connectivity index (χ1) is 16.9. The summed E-state index contributed by atoms with van der Waals surface area (Å²) < 4.78 is 0. The number of benzene rings is 1. The number of allylic oxidation sites excluding steroid dienone is 1. The number of nitrogens with zero attached hydrogens (tertiary/aromatic N) is 2. The molecule has 0 saturated carbocycles. The maximum Gasteiger partial charge on any atom is 0.255 e. The van der Waals surface area contributed by atoms with Crippen LogP contribution in [0.2, 0.25) is 0 Å². The second kappa shape index (κ2) is 9.02. The lowest BCUT2D eigenvalue weighted by Crippen LogP contribution is -2.63. The molecule has 194 valence electrons. The topological polar surface area (TPSA) is 165 Å². The number of hydrogen-bond donors (Lipinski definition) is 5. The van der Waals surface area contributed by atoms with Crippen LogP contribution in [0.25, 0.3) is 0 Å². The van der Waals surface area contributed by atoms with Gasteiger partial charge in [-0.05, 0) is 63.1 Å². The highest BCUT2D eigenvalue weighted by atomic mass is 16.3. The SMILES string of the molecule is CCN(CC)Cc1ccc(O)c2c1CC1C[C@H]3[C@@H](N(C)C)C(O)=C(C(N)=O)C(=O)[C@@]3(O)C(O)=C1C2=O. The third kappa shape index (κ3) is 3.55. The Kier molecular flexibility index (Phi) is 6.48. The maximum atomic E-state index is 13.7. The van der Waals surface area contributed by atoms with Gasteiger partial charge in [-0.15, -0.1) is 0 Å². The number of carbonyl (C=O) groups excluding carboxylic acids is 3. The van der Waals surface area contributed by atoms with Crippen LogP contribution in [0.1, 0.15) is 41.8 Å². The molecule has 1 aromatic rings. The molecule has 10 heteroatoms. The van der Waals surface area contributed by atoms with Crippen LogP contribution >= 0.6 is 0 Å². The summed E-state index contributed by atoms with van der Waals surface area (Å²) in [5.41, 5.74) is 3.35. The number of hydrogen-bond acceptors (Lipinski definition) is 9. The van der Waals surface area contributed by atoms with Gasteiger partial charge in [0.1, 0.15) is 22.8 Å². The van der Waals surface area contributed by atoms with Crippen molar-refractivity contribution in [2.75, 3.05) is 27.2 Å². The molecular formula is C26H33N3O7. The van der Waals surface area contributed by atoms with Crippen LogP contribution < -0.4 is 5.73 Å². The molecule has 4 atom stereocenters. The smallest absolute Gasteiger partial charge is 0.255 e. The molecule has 0 aromatic heterocycles. The second-order valence-corrected chi connectivity index (χ2v) is 10.0. The second-order valence-electron chi connectivity index (χ2n) is 10.0. The molecule has 3 aliphatic rings. The third-order valence-corrected chi connectivity index (χ3v) is 7.99. The predicted molar refractivity (Wildman–Crippen MR) is 130 cm³/mol. The van der Waals surface area contributed by atoms with E-state index in [1.54, 1.807) is 20.2 Å². The molecule has 3 aliphatic carbocycles. The fourth-order valence-corrected chi connectivity index (χ4v) is 6.15. The molecule has 0 saturated heterocycles. The van der Waals surface area contributed by atoms with Crippen LogP contribution in [0.3, 0.4) is 0 Å². The molecule has 36 heavy (non-hydrogen) atoms. The summed E-state index contributed by atoms with van der Waals surface area (Å²) in [6, 6.07) is 2.22. The van der Waals surface area contributed by atoms with Gasteiger partial charge in [-0.3, -0.25) is 24.2 Å². The summed E-state index contributed by atoms with van der Waals surface area (Å²) >= 11 is 0. The lowest BCUT2D eigenvalue weighted by molar-refractivity contribution is -0.148. The highest BCUT2D eigenvalue weighted by Crippen LogP contribution is 2.52. The molecule has 1 amide bonds. The van der Waals surface area contributed by atoms with Gasteiger partial charge in [0.15, 0.2) is 11.4 Å². The summed E-state index contributed by atoms with van der Waals surface area (Å²) in [5, 5.41) is 44.4. The Labute approximate surface area is 209 Å². The number of aliphatic hydroxyl groups is 3. The van der Waals surface area contributed by atoms with Gasteiger partial charge >= 0.3 is 0 Å². The predicted octanol–water partition coefficient (Wildman–Crippen LogP) is 0.962. The van der Waals surface area contributed by atoms with Gasteiger partial charge in [0.2, 0.25) is 5.78 Å². The van der Waals surface area contributed by atoms with Crippen LogP contribution in [-0.2, 0) is 22.6 Å². The fourth-order valence-electron chi connectivity index (χ4n) is 6.15. The first kappa shape index (κ1) is 25.9. The Morgan fingerprint density at radius 3 is 2.33 bits per heavy atom. The first-order valence-electron chi connectivity index (χ1n) is 12.1. The Morgan fingerprint density at radius 1 is 1.14 bits per heavy atom. The van der Waals surface area contributed by atoms with Crippen molar-refractivity contribution in [1.29, 1.82) is 0 Å². The maximum absolute atomic E-state index is 13.7. The number of fused-ring (bicyclic) bond motifs is 3. The van der Waals surface area contributed by atoms with Crippen LogP contribution in [0, 0.1) is 11.8 Å². The van der Waals surface area contributed by atoms with Crippen molar-refractivity contribution < 1.29 is 34.8 Å². The lowest BCUT2D eigenvalue weighted by atomic mass is 9.58. The van der Waals surface area contributed by atoms with Crippen molar-refractivity contribution in [3.63, 3.8) is 0 Å². The van der Waals surface area contributed by atoms with Gasteiger partial charge in [0, 0.05) is 18.0 Å². The zero-order valence-electron chi connectivity index (χ0n) is 20.9. The minimum absolute atomic E-state index is 0.0421. The average Bonchev–Trinajstić information content (AvgIpc) is 2.80. The number of ketones is 2. The fraction of sp³-hybridized carbons (Fsp3) is 0.500. The number of amides is 1. The number of Topliss-reactive ketones (excluding diaryl/α,β-unsaturated/α-hetero) is 2. The number of aromatic hydroxyl groups is 1. The molecule has 0 fully saturated rings. The summed E-state index contributed by atoms with van der Waals surface area (Å²) in [4.78, 5) is 42.8. The van der Waals surface area contributed by atoms with Gasteiger partial charge in [-0.25, -0.2) is 0 Å². The number of nitrogens with two attached hydrogens (primary N) is 1. The van der Waals surface area contributed by atoms with Gasteiger partial charge in [-0.1, -0.05) is 19.9 Å². The number of phenols is 1. The summed E-state index contributed by atoms with van der Waals surface area (Å²) in [6.45, 7) is 6.22. The van der Waals surface area contributed by atoms with E-state index in [9.17, 15) is 34.8 Å². The molecule has 10 nitrogen and oxygen atoms in total. The van der Waals surface area contributed by atoms with Crippen molar-refractivity contribution in [3.8, 4) is 5.75 Å². The minimum atomic E-state index is -2.63. The minimum Gasteiger partial charge on any atom is -0.510 e. The normalized spacial score (nSPS) is 27.9. The van der Waals surface area contributed by atoms with Crippen LogP contribution in [0.15, 0.2) is 34.8 Å². The van der Waals surface area contributed by atoms with Crippen molar-refractivity contribution in [2.24, 2.45) is 17.6 Å². The van der Waals surface area contributed by atoms with Crippen molar-refractivity contribution in [3.05, 3.63) is 51.5 Å². The molecule has 6 N–H and O–H groups in total. The first-order valence-corrected chi connectivity index (χ1v) is 12.1. The average molecular weight is 500 g/mol. The number of primary amides is 1. The molecule has 0 spiro atoms. The number of phenolic OH excluding ortho intramolecular Hbond substituents is 1.